The molecule has 1 amide bonds. The molecule has 0 radical (unpaired) electrons. The predicted molar refractivity (Wildman–Crippen MR) is 133 cm³/mol. The highest BCUT2D eigenvalue weighted by molar-refractivity contribution is 6.09. The Morgan fingerprint density at radius 1 is 1.17 bits per heavy atom. The monoisotopic (exact) mass is 467 g/mol. The van der Waals surface area contributed by atoms with Gasteiger partial charge in [-0.1, -0.05) is 42.0 Å². The number of carbonyl (C=O) groups excluding carboxylic acids is 1. The molecule has 0 saturated heterocycles. The van der Waals surface area contributed by atoms with Crippen LogP contribution >= 0.6 is 0 Å². The summed E-state index contributed by atoms with van der Waals surface area (Å²) in [6.45, 7) is 2.74. The first-order valence-corrected chi connectivity index (χ1v) is 11.0. The maximum atomic E-state index is 14.3. The number of halogens is 1. The van der Waals surface area contributed by atoms with Crippen LogP contribution < -0.4 is 11.1 Å². The third kappa shape index (κ3) is 4.70. The average Bonchev–Trinajstić information content (AvgIpc) is 3.52. The van der Waals surface area contributed by atoms with E-state index in [0.717, 1.165) is 17.0 Å². The van der Waals surface area contributed by atoms with Gasteiger partial charge in [-0.15, -0.1) is 0 Å². The minimum atomic E-state index is -0.312. The molecule has 2 aromatic heterocycles. The van der Waals surface area contributed by atoms with E-state index in [4.69, 9.17) is 5.73 Å². The summed E-state index contributed by atoms with van der Waals surface area (Å²) in [5, 5.41) is 7.36. The number of rotatable bonds is 6. The first-order chi connectivity index (χ1) is 17.0. The second-order valence-corrected chi connectivity index (χ2v) is 8.10. The zero-order valence-electron chi connectivity index (χ0n) is 18.9. The number of nitrogen functional groups attached to an aromatic ring is 1. The molecule has 0 unspecified atom stereocenters. The molecule has 0 atom stereocenters. The molecule has 35 heavy (non-hydrogen) atoms. The molecule has 0 bridgehead atoms. The Morgan fingerprint density at radius 2 is 1.97 bits per heavy atom. The standard InChI is InChI=1S/C26H22FN7O/c1-16-8-10-17(11-9-16)26(35)31-22-14-30-25(32-24(22)28)21-13-23(20-7-4-12-29-20)34(33-21)15-18-5-2-3-6-19(18)27/h2-11,13-14H,12,15H2,1H3,(H,31,35)(H2,28,30,32). The Morgan fingerprint density at radius 3 is 2.69 bits per heavy atom. The van der Waals surface area contributed by atoms with E-state index in [1.54, 1.807) is 41.1 Å². The van der Waals surface area contributed by atoms with Crippen molar-refractivity contribution in [1.29, 1.82) is 0 Å². The molecular weight excluding hydrogens is 445 g/mol. The smallest absolute Gasteiger partial charge is 0.255 e. The van der Waals surface area contributed by atoms with Gasteiger partial charge in [0.15, 0.2) is 11.6 Å². The minimum absolute atomic E-state index is 0.110. The number of nitrogens with two attached hydrogens (primary N) is 1. The maximum Gasteiger partial charge on any atom is 0.255 e. The van der Waals surface area contributed by atoms with Crippen LogP contribution in [0.25, 0.3) is 11.5 Å². The minimum Gasteiger partial charge on any atom is -0.382 e. The number of aromatic nitrogens is 4. The Hall–Kier alpha value is -4.66. The van der Waals surface area contributed by atoms with Crippen molar-refractivity contribution < 1.29 is 9.18 Å². The number of hydrogen-bond donors (Lipinski definition) is 2. The fraction of sp³-hybridized carbons (Fsp3) is 0.115. The summed E-state index contributed by atoms with van der Waals surface area (Å²) in [7, 11) is 0. The van der Waals surface area contributed by atoms with Gasteiger partial charge in [0.1, 0.15) is 17.2 Å². The summed E-state index contributed by atoms with van der Waals surface area (Å²) in [6.07, 6.45) is 5.29. The first-order valence-electron chi connectivity index (χ1n) is 11.0. The summed E-state index contributed by atoms with van der Waals surface area (Å²) in [4.78, 5) is 25.7. The molecule has 8 nitrogen and oxygen atoms in total. The zero-order valence-corrected chi connectivity index (χ0v) is 18.9. The van der Waals surface area contributed by atoms with Crippen LogP contribution in [-0.2, 0) is 6.54 Å². The number of nitrogens with one attached hydrogen (secondary N) is 1. The summed E-state index contributed by atoms with van der Waals surface area (Å²) in [5.74, 6) is -0.227. The van der Waals surface area contributed by atoms with E-state index in [9.17, 15) is 9.18 Å². The molecule has 3 heterocycles. The number of allylic oxidation sites excluding steroid dienone is 1. The Bertz CT molecular complexity index is 1470. The number of anilines is 2. The quantitative estimate of drug-likeness (QED) is 0.445. The Balaban J connectivity index is 1.44. The van der Waals surface area contributed by atoms with Gasteiger partial charge in [0.05, 0.1) is 30.7 Å². The second kappa shape index (κ2) is 9.30. The number of aliphatic imine (C=N–C) groups is 1. The highest BCUT2D eigenvalue weighted by atomic mass is 19.1. The van der Waals surface area contributed by atoms with E-state index in [2.05, 4.69) is 25.4 Å². The lowest BCUT2D eigenvalue weighted by molar-refractivity contribution is 0.102. The third-order valence-electron chi connectivity index (χ3n) is 5.57. The van der Waals surface area contributed by atoms with Crippen LogP contribution in [0.4, 0.5) is 15.9 Å². The number of carbonyl (C=O) groups is 1. The predicted octanol–water partition coefficient (Wildman–Crippen LogP) is 4.03. The zero-order chi connectivity index (χ0) is 24.4. The van der Waals surface area contributed by atoms with Crippen LogP contribution in [0.3, 0.4) is 0 Å². The molecule has 1 aliphatic heterocycles. The lowest BCUT2D eigenvalue weighted by atomic mass is 10.1. The first kappa shape index (κ1) is 22.1. The van der Waals surface area contributed by atoms with Crippen molar-refractivity contribution in [2.45, 2.75) is 13.5 Å². The molecule has 2 aromatic carbocycles. The van der Waals surface area contributed by atoms with Gasteiger partial charge in [-0.2, -0.15) is 5.10 Å². The lowest BCUT2D eigenvalue weighted by Crippen LogP contribution is -2.14. The summed E-state index contributed by atoms with van der Waals surface area (Å²) in [5.41, 5.74) is 10.4. The van der Waals surface area contributed by atoms with Crippen molar-refractivity contribution in [2.24, 2.45) is 4.99 Å². The normalized spacial score (nSPS) is 12.6. The molecular formula is C26H22FN7O. The number of amides is 1. The van der Waals surface area contributed by atoms with Gasteiger partial charge in [-0.3, -0.25) is 14.5 Å². The molecule has 0 saturated carbocycles. The van der Waals surface area contributed by atoms with Gasteiger partial charge >= 0.3 is 0 Å². The SMILES string of the molecule is Cc1ccc(C(=O)Nc2cnc(-c3cc(C4=NCC=C4)n(Cc4ccccc4F)n3)nc2N)cc1. The van der Waals surface area contributed by atoms with Gasteiger partial charge in [0.2, 0.25) is 0 Å². The Kier molecular flexibility index (Phi) is 5.88. The highest BCUT2D eigenvalue weighted by Gasteiger charge is 2.19. The van der Waals surface area contributed by atoms with Crippen molar-refractivity contribution in [2.75, 3.05) is 17.6 Å². The molecule has 0 spiro atoms. The topological polar surface area (TPSA) is 111 Å². The molecule has 0 aliphatic carbocycles. The number of hydrogen-bond acceptors (Lipinski definition) is 6. The number of benzene rings is 2. The van der Waals surface area contributed by atoms with E-state index >= 15 is 0 Å². The van der Waals surface area contributed by atoms with Crippen molar-refractivity contribution in [3.8, 4) is 11.5 Å². The molecule has 174 valence electrons. The average molecular weight is 468 g/mol. The Labute approximate surface area is 201 Å². The van der Waals surface area contributed by atoms with Gasteiger partial charge in [0, 0.05) is 11.1 Å². The van der Waals surface area contributed by atoms with Crippen LogP contribution in [0.1, 0.15) is 27.2 Å². The van der Waals surface area contributed by atoms with E-state index in [1.807, 2.05) is 31.2 Å². The van der Waals surface area contributed by atoms with Gasteiger partial charge in [0.25, 0.3) is 5.91 Å². The van der Waals surface area contributed by atoms with Crippen LogP contribution in [0.15, 0.2) is 77.9 Å². The van der Waals surface area contributed by atoms with E-state index in [0.29, 0.717) is 29.1 Å². The van der Waals surface area contributed by atoms with Crippen molar-refractivity contribution in [3.05, 3.63) is 101 Å². The fourth-order valence-electron chi connectivity index (χ4n) is 3.69. The van der Waals surface area contributed by atoms with Gasteiger partial charge in [-0.25, -0.2) is 14.4 Å². The van der Waals surface area contributed by atoms with E-state index in [1.165, 1.54) is 12.3 Å². The third-order valence-corrected chi connectivity index (χ3v) is 5.57. The largest absolute Gasteiger partial charge is 0.382 e. The fourth-order valence-corrected chi connectivity index (χ4v) is 3.69. The lowest BCUT2D eigenvalue weighted by Gasteiger charge is -2.08. The van der Waals surface area contributed by atoms with Crippen LogP contribution in [0.5, 0.6) is 0 Å². The van der Waals surface area contributed by atoms with E-state index in [-0.39, 0.29) is 29.9 Å². The summed E-state index contributed by atoms with van der Waals surface area (Å²) in [6, 6.07) is 15.5. The maximum absolute atomic E-state index is 14.3. The second-order valence-electron chi connectivity index (χ2n) is 8.10. The molecule has 0 fully saturated rings. The van der Waals surface area contributed by atoms with E-state index < -0.39 is 0 Å². The van der Waals surface area contributed by atoms with Gasteiger partial charge < -0.3 is 11.1 Å². The molecule has 3 N–H and O–H groups in total. The van der Waals surface area contributed by atoms with Crippen LogP contribution in [0, 0.1) is 12.7 Å². The number of aryl methyl sites for hydroxylation is 1. The molecule has 5 rings (SSSR count). The molecule has 4 aromatic rings. The molecule has 1 aliphatic rings. The van der Waals surface area contributed by atoms with Crippen molar-refractivity contribution >= 4 is 23.1 Å². The summed E-state index contributed by atoms with van der Waals surface area (Å²) >= 11 is 0. The highest BCUT2D eigenvalue weighted by Crippen LogP contribution is 2.23. The van der Waals surface area contributed by atoms with Crippen LogP contribution in [0.2, 0.25) is 0 Å². The van der Waals surface area contributed by atoms with Crippen LogP contribution in [-0.4, -0.2) is 37.9 Å². The molecule has 9 heteroatoms. The summed E-state index contributed by atoms with van der Waals surface area (Å²) < 4.78 is 16.0. The van der Waals surface area contributed by atoms with Gasteiger partial charge in [-0.05, 0) is 37.3 Å². The van der Waals surface area contributed by atoms with Crippen molar-refractivity contribution in [3.63, 3.8) is 0 Å². The van der Waals surface area contributed by atoms with Crippen molar-refractivity contribution in [1.82, 2.24) is 19.7 Å². The number of nitrogens with zero attached hydrogens (tertiary/aromatic N) is 5.